The second-order valence-electron chi connectivity index (χ2n) is 5.16. The molecule has 0 spiro atoms. The van der Waals surface area contributed by atoms with Gasteiger partial charge in [0, 0.05) is 20.2 Å². The molecule has 0 aromatic heterocycles. The Labute approximate surface area is 115 Å². The highest BCUT2D eigenvalue weighted by Gasteiger charge is 2.43. The second-order valence-corrected chi connectivity index (χ2v) is 5.16. The van der Waals surface area contributed by atoms with Crippen LogP contribution in [0.15, 0.2) is 0 Å². The molecule has 1 amide bonds. The molecule has 19 heavy (non-hydrogen) atoms. The largest absolute Gasteiger partial charge is 0.383 e. The standard InChI is InChI=1S/C14H24N2O3/c1-10-11(2)19-12(3)13(10)14(17)16(7-5-6-15)8-9-18-4/h10-13H,5,7-9H2,1-4H3. The molecular weight excluding hydrogens is 244 g/mol. The summed E-state index contributed by atoms with van der Waals surface area (Å²) in [5.41, 5.74) is 0. The Morgan fingerprint density at radius 3 is 2.47 bits per heavy atom. The van der Waals surface area contributed by atoms with Crippen molar-refractivity contribution in [1.82, 2.24) is 4.90 Å². The van der Waals surface area contributed by atoms with E-state index < -0.39 is 0 Å². The van der Waals surface area contributed by atoms with Crippen LogP contribution in [0.4, 0.5) is 0 Å². The number of carbonyl (C=O) groups excluding carboxylic acids is 1. The van der Waals surface area contributed by atoms with Crippen LogP contribution in [0.3, 0.4) is 0 Å². The molecule has 0 aromatic rings. The van der Waals surface area contributed by atoms with E-state index in [0.717, 1.165) is 0 Å². The van der Waals surface area contributed by atoms with Crippen molar-refractivity contribution >= 4 is 5.91 Å². The molecule has 0 bridgehead atoms. The van der Waals surface area contributed by atoms with Gasteiger partial charge in [0.25, 0.3) is 0 Å². The predicted molar refractivity (Wildman–Crippen MR) is 71.3 cm³/mol. The maximum absolute atomic E-state index is 12.6. The van der Waals surface area contributed by atoms with Crippen molar-refractivity contribution in [2.75, 3.05) is 26.8 Å². The fourth-order valence-corrected chi connectivity index (χ4v) is 2.62. The summed E-state index contributed by atoms with van der Waals surface area (Å²) in [5, 5.41) is 8.69. The summed E-state index contributed by atoms with van der Waals surface area (Å²) in [7, 11) is 1.61. The molecule has 1 aliphatic rings. The van der Waals surface area contributed by atoms with E-state index in [0.29, 0.717) is 26.1 Å². The zero-order valence-electron chi connectivity index (χ0n) is 12.3. The first-order valence-corrected chi connectivity index (χ1v) is 6.83. The van der Waals surface area contributed by atoms with Gasteiger partial charge in [-0.15, -0.1) is 0 Å². The third-order valence-electron chi connectivity index (χ3n) is 3.90. The highest BCUT2D eigenvalue weighted by atomic mass is 16.5. The van der Waals surface area contributed by atoms with Crippen LogP contribution in [0, 0.1) is 23.2 Å². The summed E-state index contributed by atoms with van der Waals surface area (Å²) in [4.78, 5) is 14.3. The first-order chi connectivity index (χ1) is 9.02. The van der Waals surface area contributed by atoms with Gasteiger partial charge in [-0.05, 0) is 19.8 Å². The normalized spacial score (nSPS) is 30.1. The molecular formula is C14H24N2O3. The van der Waals surface area contributed by atoms with Gasteiger partial charge >= 0.3 is 0 Å². The minimum atomic E-state index is -0.120. The summed E-state index contributed by atoms with van der Waals surface area (Å²) in [6.45, 7) is 7.48. The number of hydrogen-bond donors (Lipinski definition) is 0. The van der Waals surface area contributed by atoms with E-state index >= 15 is 0 Å². The predicted octanol–water partition coefficient (Wildman–Crippen LogP) is 1.43. The van der Waals surface area contributed by atoms with Crippen LogP contribution < -0.4 is 0 Å². The summed E-state index contributed by atoms with van der Waals surface area (Å²) >= 11 is 0. The number of hydrogen-bond acceptors (Lipinski definition) is 4. The summed E-state index contributed by atoms with van der Waals surface area (Å²) in [6.07, 6.45) is 0.385. The SMILES string of the molecule is COCCN(CCC#N)C(=O)C1C(C)OC(C)C1C. The van der Waals surface area contributed by atoms with Gasteiger partial charge in [0.05, 0.1) is 37.2 Å². The molecule has 1 aliphatic heterocycles. The molecule has 1 heterocycles. The Bertz CT molecular complexity index is 340. The molecule has 0 aliphatic carbocycles. The quantitative estimate of drug-likeness (QED) is 0.731. The van der Waals surface area contributed by atoms with Crippen LogP contribution in [0.1, 0.15) is 27.2 Å². The molecule has 5 nitrogen and oxygen atoms in total. The molecule has 5 heteroatoms. The smallest absolute Gasteiger partial charge is 0.228 e. The van der Waals surface area contributed by atoms with Crippen molar-refractivity contribution < 1.29 is 14.3 Å². The molecule has 0 saturated carbocycles. The summed E-state index contributed by atoms with van der Waals surface area (Å²) < 4.78 is 10.8. The van der Waals surface area contributed by atoms with Crippen molar-refractivity contribution in [3.05, 3.63) is 0 Å². The number of methoxy groups -OCH3 is 1. The van der Waals surface area contributed by atoms with Crippen LogP contribution in [-0.4, -0.2) is 49.8 Å². The van der Waals surface area contributed by atoms with Gasteiger partial charge in [0.2, 0.25) is 5.91 Å². The fourth-order valence-electron chi connectivity index (χ4n) is 2.62. The van der Waals surface area contributed by atoms with Crippen molar-refractivity contribution in [2.24, 2.45) is 11.8 Å². The summed E-state index contributed by atoms with van der Waals surface area (Å²) in [5.74, 6) is 0.164. The number of amides is 1. The number of carbonyl (C=O) groups is 1. The molecule has 0 radical (unpaired) electrons. The fraction of sp³-hybridized carbons (Fsp3) is 0.857. The van der Waals surface area contributed by atoms with E-state index in [-0.39, 0.29) is 30.0 Å². The highest BCUT2D eigenvalue weighted by molar-refractivity contribution is 5.80. The van der Waals surface area contributed by atoms with Gasteiger partial charge in [0.1, 0.15) is 0 Å². The lowest BCUT2D eigenvalue weighted by atomic mass is 9.88. The Hall–Kier alpha value is -1.12. The van der Waals surface area contributed by atoms with Gasteiger partial charge in [-0.2, -0.15) is 5.26 Å². The lowest BCUT2D eigenvalue weighted by molar-refractivity contribution is -0.138. The lowest BCUT2D eigenvalue weighted by Gasteiger charge is -2.27. The van der Waals surface area contributed by atoms with E-state index in [4.69, 9.17) is 14.7 Å². The van der Waals surface area contributed by atoms with Crippen LogP contribution in [0.25, 0.3) is 0 Å². The molecule has 4 unspecified atom stereocenters. The topological polar surface area (TPSA) is 62.6 Å². The minimum Gasteiger partial charge on any atom is -0.383 e. The molecule has 4 atom stereocenters. The zero-order valence-corrected chi connectivity index (χ0v) is 12.3. The average molecular weight is 268 g/mol. The third-order valence-corrected chi connectivity index (χ3v) is 3.90. The Morgan fingerprint density at radius 1 is 1.32 bits per heavy atom. The molecule has 0 aromatic carbocycles. The number of ether oxygens (including phenoxy) is 2. The van der Waals surface area contributed by atoms with Crippen molar-refractivity contribution in [3.63, 3.8) is 0 Å². The van der Waals surface area contributed by atoms with E-state index in [2.05, 4.69) is 13.0 Å². The molecule has 1 fully saturated rings. The maximum Gasteiger partial charge on any atom is 0.228 e. The first-order valence-electron chi connectivity index (χ1n) is 6.83. The molecule has 108 valence electrons. The van der Waals surface area contributed by atoms with Crippen molar-refractivity contribution in [2.45, 2.75) is 39.4 Å². The second kappa shape index (κ2) is 7.46. The van der Waals surface area contributed by atoms with Crippen LogP contribution in [0.2, 0.25) is 0 Å². The van der Waals surface area contributed by atoms with E-state index in [1.807, 2.05) is 13.8 Å². The van der Waals surface area contributed by atoms with Crippen molar-refractivity contribution in [1.29, 1.82) is 5.26 Å². The van der Waals surface area contributed by atoms with Gasteiger partial charge in [-0.25, -0.2) is 0 Å². The lowest BCUT2D eigenvalue weighted by Crippen LogP contribution is -2.43. The number of nitrogens with zero attached hydrogens (tertiary/aromatic N) is 2. The van der Waals surface area contributed by atoms with E-state index in [9.17, 15) is 4.79 Å². The van der Waals surface area contributed by atoms with Crippen molar-refractivity contribution in [3.8, 4) is 6.07 Å². The van der Waals surface area contributed by atoms with E-state index in [1.54, 1.807) is 12.0 Å². The monoisotopic (exact) mass is 268 g/mol. The van der Waals surface area contributed by atoms with Gasteiger partial charge in [-0.3, -0.25) is 4.79 Å². The molecule has 0 N–H and O–H groups in total. The Kier molecular flexibility index (Phi) is 6.26. The third kappa shape index (κ3) is 3.92. The van der Waals surface area contributed by atoms with Crippen LogP contribution >= 0.6 is 0 Å². The molecule has 1 saturated heterocycles. The number of rotatable bonds is 6. The van der Waals surface area contributed by atoms with Gasteiger partial charge in [-0.1, -0.05) is 6.92 Å². The summed E-state index contributed by atoms with van der Waals surface area (Å²) in [6, 6.07) is 2.09. The minimum absolute atomic E-state index is 0.0652. The zero-order chi connectivity index (χ0) is 14.4. The van der Waals surface area contributed by atoms with Gasteiger partial charge < -0.3 is 14.4 Å². The van der Waals surface area contributed by atoms with Crippen LogP contribution in [0.5, 0.6) is 0 Å². The van der Waals surface area contributed by atoms with E-state index in [1.165, 1.54) is 0 Å². The number of nitriles is 1. The maximum atomic E-state index is 12.6. The first kappa shape index (κ1) is 15.9. The average Bonchev–Trinajstić information content (AvgIpc) is 2.63. The Morgan fingerprint density at radius 2 is 2.00 bits per heavy atom. The highest BCUT2D eigenvalue weighted by Crippen LogP contribution is 2.33. The molecule has 1 rings (SSSR count). The Balaban J connectivity index is 2.72. The van der Waals surface area contributed by atoms with Gasteiger partial charge in [0.15, 0.2) is 0 Å². The van der Waals surface area contributed by atoms with Crippen LogP contribution in [-0.2, 0) is 14.3 Å².